The van der Waals surface area contributed by atoms with Crippen LogP contribution in [0.5, 0.6) is 0 Å². The van der Waals surface area contributed by atoms with Crippen molar-refractivity contribution in [1.29, 1.82) is 0 Å². The van der Waals surface area contributed by atoms with E-state index in [0.29, 0.717) is 19.6 Å². The molecule has 3 aliphatic rings. The molecule has 1 aromatic carbocycles. The Hall–Kier alpha value is -2.70. The van der Waals surface area contributed by atoms with Crippen molar-refractivity contribution in [3.05, 3.63) is 35.9 Å². The smallest absolute Gasteiger partial charge is 0.246 e. The summed E-state index contributed by atoms with van der Waals surface area (Å²) in [6.07, 6.45) is 3.91. The first-order chi connectivity index (χ1) is 13.0. The van der Waals surface area contributed by atoms with Crippen molar-refractivity contribution in [2.45, 2.75) is 39.3 Å². The Labute approximate surface area is 158 Å². The van der Waals surface area contributed by atoms with Gasteiger partial charge in [-0.15, -0.1) is 0 Å². The minimum atomic E-state index is -0.0945. The van der Waals surface area contributed by atoms with Crippen molar-refractivity contribution in [1.82, 2.24) is 24.8 Å². The molecule has 2 atom stereocenters. The topological polar surface area (TPSA) is 71.3 Å². The number of amides is 2. The van der Waals surface area contributed by atoms with Gasteiger partial charge in [-0.2, -0.15) is 15.0 Å². The van der Waals surface area contributed by atoms with Crippen LogP contribution in [0.15, 0.2) is 35.9 Å². The molecule has 3 saturated heterocycles. The van der Waals surface area contributed by atoms with E-state index in [4.69, 9.17) is 0 Å². The Morgan fingerprint density at radius 1 is 1.15 bits per heavy atom. The molecular formula is C20H25N5O2. The van der Waals surface area contributed by atoms with Crippen molar-refractivity contribution in [3.63, 3.8) is 0 Å². The van der Waals surface area contributed by atoms with Gasteiger partial charge >= 0.3 is 0 Å². The lowest BCUT2D eigenvalue weighted by atomic mass is 9.94. The van der Waals surface area contributed by atoms with Crippen molar-refractivity contribution in [2.24, 2.45) is 5.92 Å². The van der Waals surface area contributed by atoms with E-state index in [1.807, 2.05) is 47.9 Å². The molecule has 0 unspecified atom stereocenters. The van der Waals surface area contributed by atoms with E-state index in [2.05, 4.69) is 16.3 Å². The molecule has 0 aliphatic carbocycles. The van der Waals surface area contributed by atoms with Gasteiger partial charge in [0.05, 0.1) is 5.92 Å². The van der Waals surface area contributed by atoms with Crippen LogP contribution < -0.4 is 0 Å². The van der Waals surface area contributed by atoms with E-state index in [9.17, 15) is 9.59 Å². The summed E-state index contributed by atoms with van der Waals surface area (Å²) in [4.78, 5) is 30.9. The molecule has 3 fully saturated rings. The van der Waals surface area contributed by atoms with Crippen LogP contribution in [0.1, 0.15) is 26.7 Å². The first-order valence-electron chi connectivity index (χ1n) is 9.53. The highest BCUT2D eigenvalue weighted by atomic mass is 16.2. The van der Waals surface area contributed by atoms with Gasteiger partial charge < -0.3 is 9.80 Å². The van der Waals surface area contributed by atoms with Crippen LogP contribution in [0.25, 0.3) is 11.0 Å². The molecule has 2 bridgehead atoms. The summed E-state index contributed by atoms with van der Waals surface area (Å²) in [5, 5.41) is 8.75. The molecule has 0 spiro atoms. The molecule has 27 heavy (non-hydrogen) atoms. The number of allylic oxidation sites excluding steroid dienone is 1. The molecule has 3 aliphatic heterocycles. The highest BCUT2D eigenvalue weighted by Crippen LogP contribution is 2.29. The van der Waals surface area contributed by atoms with Crippen LogP contribution in [0.4, 0.5) is 0 Å². The zero-order valence-electron chi connectivity index (χ0n) is 15.8. The monoisotopic (exact) mass is 367 g/mol. The van der Waals surface area contributed by atoms with Crippen LogP contribution in [-0.4, -0.2) is 62.3 Å². The number of carbonyl (C=O) groups is 2. The Bertz CT molecular complexity index is 866. The maximum absolute atomic E-state index is 12.9. The zero-order valence-corrected chi connectivity index (χ0v) is 15.8. The Kier molecular flexibility index (Phi) is 4.68. The van der Waals surface area contributed by atoms with Gasteiger partial charge in [0.1, 0.15) is 17.6 Å². The first kappa shape index (κ1) is 17.7. The Morgan fingerprint density at radius 2 is 1.85 bits per heavy atom. The van der Waals surface area contributed by atoms with Gasteiger partial charge in [-0.25, -0.2) is 0 Å². The van der Waals surface area contributed by atoms with Crippen LogP contribution in [0, 0.1) is 5.92 Å². The summed E-state index contributed by atoms with van der Waals surface area (Å²) in [5.41, 5.74) is 2.77. The number of rotatable bonds is 4. The SMILES string of the molecule is CC(C)=CCN1C(=O)[C@H]2CC[C@@H]1CN(C(=O)Cn1nc3ccccc3n1)C2. The summed E-state index contributed by atoms with van der Waals surface area (Å²) < 4.78 is 0. The van der Waals surface area contributed by atoms with E-state index >= 15 is 0 Å². The number of aromatic nitrogens is 3. The molecule has 4 heterocycles. The maximum atomic E-state index is 12.9. The fourth-order valence-electron chi connectivity index (χ4n) is 3.96. The third-order valence-corrected chi connectivity index (χ3v) is 5.45. The number of benzene rings is 1. The third-order valence-electron chi connectivity index (χ3n) is 5.45. The fourth-order valence-corrected chi connectivity index (χ4v) is 3.96. The largest absolute Gasteiger partial charge is 0.338 e. The molecule has 2 amide bonds. The van der Waals surface area contributed by atoms with Crippen LogP contribution in [0.3, 0.4) is 0 Å². The molecule has 2 aromatic rings. The quantitative estimate of drug-likeness (QED) is 0.773. The number of hydrogen-bond acceptors (Lipinski definition) is 4. The molecule has 7 nitrogen and oxygen atoms in total. The van der Waals surface area contributed by atoms with Gasteiger partial charge in [0.2, 0.25) is 11.8 Å². The average molecular weight is 367 g/mol. The number of hydrogen-bond donors (Lipinski definition) is 0. The van der Waals surface area contributed by atoms with Crippen LogP contribution in [0.2, 0.25) is 0 Å². The van der Waals surface area contributed by atoms with Crippen molar-refractivity contribution >= 4 is 22.8 Å². The van der Waals surface area contributed by atoms with Gasteiger partial charge in [0.25, 0.3) is 0 Å². The van der Waals surface area contributed by atoms with E-state index < -0.39 is 0 Å². The number of fused-ring (bicyclic) bond motifs is 5. The first-order valence-corrected chi connectivity index (χ1v) is 9.53. The summed E-state index contributed by atoms with van der Waals surface area (Å²) >= 11 is 0. The molecule has 0 N–H and O–H groups in total. The van der Waals surface area contributed by atoms with Crippen LogP contribution in [-0.2, 0) is 16.1 Å². The molecule has 1 aromatic heterocycles. The van der Waals surface area contributed by atoms with Crippen molar-refractivity contribution in [2.75, 3.05) is 19.6 Å². The van der Waals surface area contributed by atoms with E-state index in [1.54, 1.807) is 0 Å². The number of piperidine rings is 1. The van der Waals surface area contributed by atoms with Gasteiger partial charge in [0, 0.05) is 25.7 Å². The number of nitrogens with zero attached hydrogens (tertiary/aromatic N) is 5. The molecule has 0 saturated carbocycles. The molecule has 7 heteroatoms. The van der Waals surface area contributed by atoms with Gasteiger partial charge in [-0.05, 0) is 38.8 Å². The summed E-state index contributed by atoms with van der Waals surface area (Å²) in [6, 6.07) is 7.68. The summed E-state index contributed by atoms with van der Waals surface area (Å²) in [6.45, 7) is 5.92. The van der Waals surface area contributed by atoms with Crippen molar-refractivity contribution < 1.29 is 9.59 Å². The minimum Gasteiger partial charge on any atom is -0.338 e. The molecular weight excluding hydrogens is 342 g/mol. The third kappa shape index (κ3) is 3.59. The maximum Gasteiger partial charge on any atom is 0.246 e. The Balaban J connectivity index is 1.48. The second-order valence-corrected chi connectivity index (χ2v) is 7.72. The number of carbonyl (C=O) groups excluding carboxylic acids is 2. The lowest BCUT2D eigenvalue weighted by Crippen LogP contribution is -2.48. The summed E-state index contributed by atoms with van der Waals surface area (Å²) in [5.74, 6) is 0.0639. The normalized spacial score (nSPS) is 22.2. The molecule has 5 rings (SSSR count). The molecule has 0 radical (unpaired) electrons. The second kappa shape index (κ2) is 7.13. The lowest BCUT2D eigenvalue weighted by molar-refractivity contribution is -0.139. The van der Waals surface area contributed by atoms with E-state index in [-0.39, 0.29) is 30.3 Å². The zero-order chi connectivity index (χ0) is 19.0. The van der Waals surface area contributed by atoms with E-state index in [1.165, 1.54) is 10.4 Å². The van der Waals surface area contributed by atoms with Crippen molar-refractivity contribution in [3.8, 4) is 0 Å². The highest BCUT2D eigenvalue weighted by Gasteiger charge is 2.41. The minimum absolute atomic E-state index is 0.0240. The van der Waals surface area contributed by atoms with Gasteiger partial charge in [-0.1, -0.05) is 23.8 Å². The van der Waals surface area contributed by atoms with Crippen LogP contribution >= 0.6 is 0 Å². The van der Waals surface area contributed by atoms with Gasteiger partial charge in [-0.3, -0.25) is 9.59 Å². The predicted molar refractivity (Wildman–Crippen MR) is 102 cm³/mol. The fraction of sp³-hybridized carbons (Fsp3) is 0.500. The molecule has 142 valence electrons. The second-order valence-electron chi connectivity index (χ2n) is 7.72. The predicted octanol–water partition coefficient (Wildman–Crippen LogP) is 1.85. The van der Waals surface area contributed by atoms with Gasteiger partial charge in [0.15, 0.2) is 0 Å². The standard InChI is InChI=1S/C20H25N5O2/c1-14(2)9-10-24-16-8-7-15(20(24)27)11-23(12-16)19(26)13-25-21-17-5-3-4-6-18(17)22-25/h3-6,9,15-16H,7-8,10-13H2,1-2H3/t15-,16+/m0/s1. The van der Waals surface area contributed by atoms with E-state index in [0.717, 1.165) is 23.9 Å². The summed E-state index contributed by atoms with van der Waals surface area (Å²) in [7, 11) is 0. The highest BCUT2D eigenvalue weighted by molar-refractivity contribution is 5.83. The Morgan fingerprint density at radius 3 is 2.52 bits per heavy atom. The lowest BCUT2D eigenvalue weighted by Gasteiger charge is -2.35. The average Bonchev–Trinajstić information content (AvgIpc) is 2.83.